The number of hydrogen-bond acceptors (Lipinski definition) is 6. The predicted molar refractivity (Wildman–Crippen MR) is 120 cm³/mol. The van der Waals surface area contributed by atoms with Gasteiger partial charge in [-0.25, -0.2) is 4.79 Å². The second-order valence-electron chi connectivity index (χ2n) is 5.93. The molecular weight excluding hydrogens is 430 g/mol. The van der Waals surface area contributed by atoms with Crippen molar-refractivity contribution in [3.8, 4) is 10.4 Å². The predicted octanol–water partition coefficient (Wildman–Crippen LogP) is 5.58. The van der Waals surface area contributed by atoms with E-state index in [-0.39, 0.29) is 11.5 Å². The molecule has 3 aromatic rings. The number of thioether (sulfide) groups is 1. The van der Waals surface area contributed by atoms with Crippen molar-refractivity contribution in [2.45, 2.75) is 6.54 Å². The highest BCUT2D eigenvalue weighted by Gasteiger charge is 2.32. The van der Waals surface area contributed by atoms with E-state index < -0.39 is 5.97 Å². The molecule has 1 aliphatic heterocycles. The molecule has 0 saturated carbocycles. The maximum Gasteiger partial charge on any atom is 0.335 e. The van der Waals surface area contributed by atoms with Crippen molar-refractivity contribution < 1.29 is 14.7 Å². The Morgan fingerprint density at radius 1 is 1.14 bits per heavy atom. The summed E-state index contributed by atoms with van der Waals surface area (Å²) >= 11 is 9.86. The molecule has 0 unspecified atom stereocenters. The summed E-state index contributed by atoms with van der Waals surface area (Å²) in [5.41, 5.74) is 1.20. The molecule has 28 heavy (non-hydrogen) atoms. The molecular formula is C20H13NO3S4. The van der Waals surface area contributed by atoms with Crippen LogP contribution in [0.2, 0.25) is 0 Å². The first-order chi connectivity index (χ1) is 13.5. The van der Waals surface area contributed by atoms with Crippen molar-refractivity contribution in [1.29, 1.82) is 0 Å². The lowest BCUT2D eigenvalue weighted by Crippen LogP contribution is -2.26. The Hall–Kier alpha value is -2.26. The van der Waals surface area contributed by atoms with Gasteiger partial charge in [-0.05, 0) is 47.4 Å². The summed E-state index contributed by atoms with van der Waals surface area (Å²) in [4.78, 5) is 29.0. The second kappa shape index (κ2) is 8.00. The molecule has 4 nitrogen and oxygen atoms in total. The van der Waals surface area contributed by atoms with Crippen molar-refractivity contribution >= 4 is 68.9 Å². The Morgan fingerprint density at radius 2 is 1.93 bits per heavy atom. The fourth-order valence-corrected chi connectivity index (χ4v) is 5.66. The van der Waals surface area contributed by atoms with E-state index in [0.717, 1.165) is 20.2 Å². The molecule has 8 heteroatoms. The van der Waals surface area contributed by atoms with Gasteiger partial charge in [0.2, 0.25) is 0 Å². The molecule has 0 aliphatic carbocycles. The van der Waals surface area contributed by atoms with E-state index in [1.54, 1.807) is 51.8 Å². The SMILES string of the molecule is O=C(O)c1ccc(-c2ccc(/C=C3\SC(=S)N(Cc4cccs4)C3=O)s2)cc1. The van der Waals surface area contributed by atoms with Gasteiger partial charge in [0.05, 0.1) is 17.0 Å². The quantitative estimate of drug-likeness (QED) is 0.412. The van der Waals surface area contributed by atoms with Crippen LogP contribution in [-0.2, 0) is 11.3 Å². The van der Waals surface area contributed by atoms with Gasteiger partial charge in [-0.2, -0.15) is 0 Å². The van der Waals surface area contributed by atoms with Crippen LogP contribution >= 0.6 is 46.7 Å². The molecule has 0 spiro atoms. The summed E-state index contributed by atoms with van der Waals surface area (Å²) in [7, 11) is 0. The number of carboxylic acids is 1. The third kappa shape index (κ3) is 3.95. The molecule has 1 saturated heterocycles. The standard InChI is InChI=1S/C20H13NO3S4/c22-18-17(28-20(25)21(18)11-15-2-1-9-26-15)10-14-7-8-16(27-14)12-3-5-13(6-4-12)19(23)24/h1-10H,11H2,(H,23,24)/b17-10-. The molecule has 2 aromatic heterocycles. The average molecular weight is 444 g/mol. The maximum absolute atomic E-state index is 12.7. The molecule has 4 rings (SSSR count). The van der Waals surface area contributed by atoms with Crippen LogP contribution in [0, 0.1) is 0 Å². The highest BCUT2D eigenvalue weighted by Crippen LogP contribution is 2.36. The van der Waals surface area contributed by atoms with E-state index in [1.165, 1.54) is 11.8 Å². The van der Waals surface area contributed by atoms with Crippen LogP contribution in [0.5, 0.6) is 0 Å². The topological polar surface area (TPSA) is 57.6 Å². The summed E-state index contributed by atoms with van der Waals surface area (Å²) < 4.78 is 0.575. The van der Waals surface area contributed by atoms with Crippen molar-refractivity contribution in [2.24, 2.45) is 0 Å². The van der Waals surface area contributed by atoms with Crippen LogP contribution in [0.25, 0.3) is 16.5 Å². The van der Waals surface area contributed by atoms with Gasteiger partial charge in [0, 0.05) is 14.6 Å². The fraction of sp³-hybridized carbons (Fsp3) is 0.0500. The van der Waals surface area contributed by atoms with E-state index in [0.29, 0.717) is 15.8 Å². The number of rotatable bonds is 5. The molecule has 0 radical (unpaired) electrons. The number of hydrogen-bond donors (Lipinski definition) is 1. The Bertz CT molecular complexity index is 1080. The van der Waals surface area contributed by atoms with Crippen LogP contribution in [0.1, 0.15) is 20.1 Å². The Kier molecular flexibility index (Phi) is 5.45. The van der Waals surface area contributed by atoms with Gasteiger partial charge in [0.15, 0.2) is 0 Å². The van der Waals surface area contributed by atoms with Crippen LogP contribution in [0.3, 0.4) is 0 Å². The van der Waals surface area contributed by atoms with E-state index >= 15 is 0 Å². The van der Waals surface area contributed by atoms with E-state index in [1.807, 2.05) is 35.7 Å². The number of thiophene rings is 2. The van der Waals surface area contributed by atoms with Gasteiger partial charge in [-0.15, -0.1) is 22.7 Å². The van der Waals surface area contributed by atoms with Crippen LogP contribution in [0.15, 0.2) is 58.8 Å². The van der Waals surface area contributed by atoms with Crippen LogP contribution in [0.4, 0.5) is 0 Å². The fourth-order valence-electron chi connectivity index (χ4n) is 2.69. The van der Waals surface area contributed by atoms with E-state index in [2.05, 4.69) is 0 Å². The highest BCUT2D eigenvalue weighted by atomic mass is 32.2. The van der Waals surface area contributed by atoms with Gasteiger partial charge in [-0.3, -0.25) is 9.69 Å². The number of thiocarbonyl (C=S) groups is 1. The Morgan fingerprint density at radius 3 is 2.61 bits per heavy atom. The van der Waals surface area contributed by atoms with Crippen LogP contribution < -0.4 is 0 Å². The number of amides is 1. The smallest absolute Gasteiger partial charge is 0.335 e. The first-order valence-electron chi connectivity index (χ1n) is 8.22. The number of carboxylic acid groups (broad SMARTS) is 1. The normalized spacial score (nSPS) is 15.6. The maximum atomic E-state index is 12.7. The van der Waals surface area contributed by atoms with Gasteiger partial charge in [0.25, 0.3) is 5.91 Å². The minimum absolute atomic E-state index is 0.0656. The van der Waals surface area contributed by atoms with E-state index in [4.69, 9.17) is 17.3 Å². The molecule has 140 valence electrons. The Balaban J connectivity index is 1.52. The monoisotopic (exact) mass is 443 g/mol. The minimum Gasteiger partial charge on any atom is -0.478 e. The summed E-state index contributed by atoms with van der Waals surface area (Å²) in [6.45, 7) is 0.505. The first kappa shape index (κ1) is 19.1. The first-order valence-corrected chi connectivity index (χ1v) is 11.1. The molecule has 1 amide bonds. The van der Waals surface area contributed by atoms with Crippen molar-refractivity contribution in [3.63, 3.8) is 0 Å². The molecule has 1 fully saturated rings. The molecule has 0 atom stereocenters. The highest BCUT2D eigenvalue weighted by molar-refractivity contribution is 8.26. The minimum atomic E-state index is -0.942. The van der Waals surface area contributed by atoms with Gasteiger partial charge in [0.1, 0.15) is 4.32 Å². The summed E-state index contributed by atoms with van der Waals surface area (Å²) in [5.74, 6) is -1.01. The van der Waals surface area contributed by atoms with Crippen molar-refractivity contribution in [1.82, 2.24) is 4.90 Å². The summed E-state index contributed by atoms with van der Waals surface area (Å²) in [6.07, 6.45) is 1.87. The molecule has 1 N–H and O–H groups in total. The van der Waals surface area contributed by atoms with Crippen molar-refractivity contribution in [2.75, 3.05) is 0 Å². The number of carbonyl (C=O) groups excluding carboxylic acids is 1. The molecule has 3 heterocycles. The second-order valence-corrected chi connectivity index (χ2v) is 9.76. The molecule has 0 bridgehead atoms. The lowest BCUT2D eigenvalue weighted by molar-refractivity contribution is -0.122. The molecule has 1 aromatic carbocycles. The number of nitrogens with zero attached hydrogens (tertiary/aromatic N) is 1. The number of carbonyl (C=O) groups is 2. The third-order valence-corrected chi connectivity index (χ3v) is 7.40. The summed E-state index contributed by atoms with van der Waals surface area (Å²) in [6, 6.07) is 14.6. The third-order valence-electron chi connectivity index (χ3n) is 4.08. The zero-order chi connectivity index (χ0) is 19.7. The number of aromatic carboxylic acids is 1. The Labute approximate surface area is 179 Å². The van der Waals surface area contributed by atoms with Crippen molar-refractivity contribution in [3.05, 3.63) is 74.1 Å². The largest absolute Gasteiger partial charge is 0.478 e. The zero-order valence-electron chi connectivity index (χ0n) is 14.3. The van der Waals surface area contributed by atoms with E-state index in [9.17, 15) is 9.59 Å². The summed E-state index contributed by atoms with van der Waals surface area (Å²) in [5, 5.41) is 11.0. The van der Waals surface area contributed by atoms with Gasteiger partial charge in [-0.1, -0.05) is 42.2 Å². The number of benzene rings is 1. The molecule has 1 aliphatic rings. The van der Waals surface area contributed by atoms with Crippen LogP contribution in [-0.4, -0.2) is 26.2 Å². The lowest BCUT2D eigenvalue weighted by atomic mass is 10.1. The zero-order valence-corrected chi connectivity index (χ0v) is 17.6. The lowest BCUT2D eigenvalue weighted by Gasteiger charge is -2.12. The van der Waals surface area contributed by atoms with Gasteiger partial charge < -0.3 is 5.11 Å². The average Bonchev–Trinajstić information content (AvgIpc) is 3.41. The van der Waals surface area contributed by atoms with Gasteiger partial charge >= 0.3 is 5.97 Å².